The summed E-state index contributed by atoms with van der Waals surface area (Å²) in [6, 6.07) is 14.9. The molecule has 1 saturated heterocycles. The molecule has 1 heterocycles. The van der Waals surface area contributed by atoms with E-state index in [0.29, 0.717) is 37.6 Å². The van der Waals surface area contributed by atoms with Gasteiger partial charge in [0.15, 0.2) is 6.10 Å². The normalized spacial score (nSPS) is 15.7. The van der Waals surface area contributed by atoms with Gasteiger partial charge in [0.25, 0.3) is 5.91 Å². The van der Waals surface area contributed by atoms with Crippen LogP contribution in [-0.4, -0.2) is 60.4 Å². The third kappa shape index (κ3) is 5.53. The molecule has 2 amide bonds. The van der Waals surface area contributed by atoms with Gasteiger partial charge in [0.2, 0.25) is 5.91 Å². The largest absolute Gasteiger partial charge is 0.481 e. The summed E-state index contributed by atoms with van der Waals surface area (Å²) in [6.07, 6.45) is -0.560. The van der Waals surface area contributed by atoms with Crippen molar-refractivity contribution in [2.45, 2.75) is 13.0 Å². The van der Waals surface area contributed by atoms with E-state index < -0.39 is 6.10 Å². The molecule has 0 spiro atoms. The van der Waals surface area contributed by atoms with Crippen LogP contribution in [0.3, 0.4) is 0 Å². The van der Waals surface area contributed by atoms with Crippen LogP contribution >= 0.6 is 0 Å². The molecule has 0 aromatic heterocycles. The van der Waals surface area contributed by atoms with Crippen molar-refractivity contribution in [2.24, 2.45) is 0 Å². The van der Waals surface area contributed by atoms with Gasteiger partial charge in [-0.2, -0.15) is 0 Å². The lowest BCUT2D eigenvalue weighted by Crippen LogP contribution is -2.53. The number of nitrogens with zero attached hydrogens (tertiary/aromatic N) is 2. The smallest absolute Gasteiger partial charge is 0.263 e. The molecule has 148 valence electrons. The number of carbonyl (C=O) groups excluding carboxylic acids is 2. The Hall–Kier alpha value is -2.93. The second-order valence-corrected chi connectivity index (χ2v) is 6.73. The molecule has 1 atom stereocenters. The molecule has 0 saturated carbocycles. The van der Waals surface area contributed by atoms with Crippen LogP contribution in [0.1, 0.15) is 6.92 Å². The van der Waals surface area contributed by atoms with E-state index in [9.17, 15) is 14.0 Å². The summed E-state index contributed by atoms with van der Waals surface area (Å²) >= 11 is 0. The molecule has 3 rings (SSSR count). The van der Waals surface area contributed by atoms with Crippen LogP contribution in [0.4, 0.5) is 10.1 Å². The molecule has 0 aliphatic carbocycles. The SMILES string of the molecule is CC(Oc1ccccc1)C(=O)N1CCN(CC(=O)Nc2ccc(F)cc2)CC1. The molecule has 1 N–H and O–H groups in total. The van der Waals surface area contributed by atoms with Crippen LogP contribution < -0.4 is 10.1 Å². The summed E-state index contributed by atoms with van der Waals surface area (Å²) in [5, 5.41) is 2.75. The average Bonchev–Trinajstić information content (AvgIpc) is 2.70. The van der Waals surface area contributed by atoms with E-state index in [0.717, 1.165) is 0 Å². The highest BCUT2D eigenvalue weighted by Crippen LogP contribution is 2.13. The molecule has 1 aliphatic heterocycles. The number of halogens is 1. The maximum absolute atomic E-state index is 12.9. The number of piperazine rings is 1. The number of carbonyl (C=O) groups is 2. The topological polar surface area (TPSA) is 61.9 Å². The molecule has 1 unspecified atom stereocenters. The number of anilines is 1. The number of ether oxygens (including phenoxy) is 1. The number of hydrogen-bond acceptors (Lipinski definition) is 4. The number of para-hydroxylation sites is 1. The average molecular weight is 385 g/mol. The van der Waals surface area contributed by atoms with E-state index in [4.69, 9.17) is 4.74 Å². The lowest BCUT2D eigenvalue weighted by molar-refractivity contribution is -0.139. The van der Waals surface area contributed by atoms with Crippen molar-refractivity contribution in [3.63, 3.8) is 0 Å². The first-order valence-electron chi connectivity index (χ1n) is 9.29. The summed E-state index contributed by atoms with van der Waals surface area (Å²) < 4.78 is 18.6. The summed E-state index contributed by atoms with van der Waals surface area (Å²) in [4.78, 5) is 28.5. The number of hydrogen-bond donors (Lipinski definition) is 1. The molecule has 7 heteroatoms. The lowest BCUT2D eigenvalue weighted by atomic mass is 10.2. The molecule has 0 bridgehead atoms. The Morgan fingerprint density at radius 2 is 1.68 bits per heavy atom. The molecule has 6 nitrogen and oxygen atoms in total. The Morgan fingerprint density at radius 3 is 2.32 bits per heavy atom. The van der Waals surface area contributed by atoms with Gasteiger partial charge in [0, 0.05) is 31.9 Å². The van der Waals surface area contributed by atoms with Crippen molar-refractivity contribution in [3.8, 4) is 5.75 Å². The number of nitrogens with one attached hydrogen (secondary N) is 1. The van der Waals surface area contributed by atoms with Crippen molar-refractivity contribution in [3.05, 3.63) is 60.4 Å². The molecule has 2 aromatic carbocycles. The van der Waals surface area contributed by atoms with E-state index in [1.54, 1.807) is 11.8 Å². The second kappa shape index (κ2) is 9.32. The Balaban J connectivity index is 1.42. The van der Waals surface area contributed by atoms with Crippen LogP contribution in [0, 0.1) is 5.82 Å². The first-order valence-corrected chi connectivity index (χ1v) is 9.29. The van der Waals surface area contributed by atoms with Crippen LogP contribution in [-0.2, 0) is 9.59 Å². The minimum atomic E-state index is -0.560. The third-order valence-electron chi connectivity index (χ3n) is 4.58. The van der Waals surface area contributed by atoms with Gasteiger partial charge in [0.1, 0.15) is 11.6 Å². The summed E-state index contributed by atoms with van der Waals surface area (Å²) in [6.45, 7) is 4.30. The predicted octanol–water partition coefficient (Wildman–Crippen LogP) is 2.38. The Morgan fingerprint density at radius 1 is 1.04 bits per heavy atom. The Bertz CT molecular complexity index is 790. The molecule has 1 aliphatic rings. The number of benzene rings is 2. The zero-order valence-corrected chi connectivity index (χ0v) is 15.8. The molecule has 1 fully saturated rings. The molecule has 28 heavy (non-hydrogen) atoms. The maximum atomic E-state index is 12.9. The second-order valence-electron chi connectivity index (χ2n) is 6.73. The monoisotopic (exact) mass is 385 g/mol. The van der Waals surface area contributed by atoms with Crippen LogP contribution in [0.5, 0.6) is 5.75 Å². The van der Waals surface area contributed by atoms with Crippen molar-refractivity contribution in [1.29, 1.82) is 0 Å². The van der Waals surface area contributed by atoms with Crippen LogP contribution in [0.15, 0.2) is 54.6 Å². The van der Waals surface area contributed by atoms with Gasteiger partial charge in [-0.1, -0.05) is 18.2 Å². The van der Waals surface area contributed by atoms with Gasteiger partial charge in [-0.25, -0.2) is 4.39 Å². The highest BCUT2D eigenvalue weighted by atomic mass is 19.1. The Labute approximate surface area is 163 Å². The van der Waals surface area contributed by atoms with E-state index >= 15 is 0 Å². The zero-order valence-electron chi connectivity index (χ0n) is 15.8. The van der Waals surface area contributed by atoms with Crippen LogP contribution in [0.25, 0.3) is 0 Å². The summed E-state index contributed by atoms with van der Waals surface area (Å²) in [5.41, 5.74) is 0.562. The van der Waals surface area contributed by atoms with Gasteiger partial charge in [-0.05, 0) is 43.3 Å². The highest BCUT2D eigenvalue weighted by molar-refractivity contribution is 5.92. The van der Waals surface area contributed by atoms with Gasteiger partial charge >= 0.3 is 0 Å². The minimum absolute atomic E-state index is 0.0562. The molecule has 0 radical (unpaired) electrons. The zero-order chi connectivity index (χ0) is 19.9. The summed E-state index contributed by atoms with van der Waals surface area (Å²) in [5.74, 6) is 0.107. The van der Waals surface area contributed by atoms with Crippen molar-refractivity contribution >= 4 is 17.5 Å². The van der Waals surface area contributed by atoms with Crippen molar-refractivity contribution in [2.75, 3.05) is 38.0 Å². The molecular weight excluding hydrogens is 361 g/mol. The fraction of sp³-hybridized carbons (Fsp3) is 0.333. The molecular formula is C21H24FN3O3. The number of amides is 2. The van der Waals surface area contributed by atoms with Gasteiger partial charge in [0.05, 0.1) is 6.54 Å². The highest BCUT2D eigenvalue weighted by Gasteiger charge is 2.26. The van der Waals surface area contributed by atoms with Gasteiger partial charge in [-0.15, -0.1) is 0 Å². The fourth-order valence-corrected chi connectivity index (χ4v) is 3.07. The maximum Gasteiger partial charge on any atom is 0.263 e. The quantitative estimate of drug-likeness (QED) is 0.829. The van der Waals surface area contributed by atoms with Crippen molar-refractivity contribution < 1.29 is 18.7 Å². The first-order chi connectivity index (χ1) is 13.5. The Kier molecular flexibility index (Phi) is 6.60. The first kappa shape index (κ1) is 19.8. The standard InChI is InChI=1S/C21H24FN3O3/c1-16(28-19-5-3-2-4-6-19)21(27)25-13-11-24(12-14-25)15-20(26)23-18-9-7-17(22)8-10-18/h2-10,16H,11-15H2,1H3,(H,23,26). The van der Waals surface area contributed by atoms with E-state index in [2.05, 4.69) is 5.32 Å². The van der Waals surface area contributed by atoms with E-state index in [-0.39, 0.29) is 24.2 Å². The minimum Gasteiger partial charge on any atom is -0.481 e. The summed E-state index contributed by atoms with van der Waals surface area (Å²) in [7, 11) is 0. The number of rotatable bonds is 6. The van der Waals surface area contributed by atoms with Crippen molar-refractivity contribution in [1.82, 2.24) is 9.80 Å². The van der Waals surface area contributed by atoms with E-state index in [1.165, 1.54) is 24.3 Å². The predicted molar refractivity (Wildman–Crippen MR) is 105 cm³/mol. The fourth-order valence-electron chi connectivity index (χ4n) is 3.07. The molecule has 2 aromatic rings. The van der Waals surface area contributed by atoms with Gasteiger partial charge < -0.3 is 15.0 Å². The van der Waals surface area contributed by atoms with Gasteiger partial charge in [-0.3, -0.25) is 14.5 Å². The lowest BCUT2D eigenvalue weighted by Gasteiger charge is -2.35. The third-order valence-corrected chi connectivity index (χ3v) is 4.58. The van der Waals surface area contributed by atoms with Crippen LogP contribution in [0.2, 0.25) is 0 Å². The van der Waals surface area contributed by atoms with E-state index in [1.807, 2.05) is 35.2 Å².